The van der Waals surface area contributed by atoms with Crippen LogP contribution in [0.2, 0.25) is 0 Å². The summed E-state index contributed by atoms with van der Waals surface area (Å²) in [5, 5.41) is 5.39. The number of ether oxygens (including phenoxy) is 1. The molecule has 3 heteroatoms. The Kier molecular flexibility index (Phi) is 1.93. The standard InChI is InChI=1S/C10H12N2O/c1-3-12-10-8(7-11-12)5-4-6-9(10)13-2/h4-7H,3H2,1-2H3. The monoisotopic (exact) mass is 176 g/mol. The van der Waals surface area contributed by atoms with Gasteiger partial charge < -0.3 is 4.74 Å². The molecule has 13 heavy (non-hydrogen) atoms. The Morgan fingerprint density at radius 3 is 3.00 bits per heavy atom. The van der Waals surface area contributed by atoms with E-state index in [1.54, 1.807) is 7.11 Å². The van der Waals surface area contributed by atoms with Crippen LogP contribution in [0.25, 0.3) is 10.9 Å². The van der Waals surface area contributed by atoms with Crippen molar-refractivity contribution >= 4 is 10.9 Å². The zero-order valence-electron chi connectivity index (χ0n) is 7.82. The summed E-state index contributed by atoms with van der Waals surface area (Å²) in [7, 11) is 1.68. The molecule has 0 unspecified atom stereocenters. The minimum Gasteiger partial charge on any atom is -0.494 e. The molecule has 0 bridgehead atoms. The summed E-state index contributed by atoms with van der Waals surface area (Å²) < 4.78 is 7.21. The average molecular weight is 176 g/mol. The first-order chi connectivity index (χ1) is 6.36. The Balaban J connectivity index is 2.76. The van der Waals surface area contributed by atoms with Gasteiger partial charge in [0.15, 0.2) is 0 Å². The fourth-order valence-corrected chi connectivity index (χ4v) is 1.51. The number of hydrogen-bond acceptors (Lipinski definition) is 2. The number of fused-ring (bicyclic) bond motifs is 1. The summed E-state index contributed by atoms with van der Waals surface area (Å²) in [6.45, 7) is 2.93. The lowest BCUT2D eigenvalue weighted by Crippen LogP contribution is -1.97. The first kappa shape index (κ1) is 8.10. The molecule has 0 fully saturated rings. The lowest BCUT2D eigenvalue weighted by Gasteiger charge is -2.04. The van der Waals surface area contributed by atoms with Gasteiger partial charge in [0, 0.05) is 11.9 Å². The van der Waals surface area contributed by atoms with Crippen LogP contribution in [0.4, 0.5) is 0 Å². The third kappa shape index (κ3) is 1.16. The number of nitrogens with zero attached hydrogens (tertiary/aromatic N) is 2. The van der Waals surface area contributed by atoms with E-state index in [4.69, 9.17) is 4.74 Å². The van der Waals surface area contributed by atoms with Crippen molar-refractivity contribution in [3.63, 3.8) is 0 Å². The second-order valence-corrected chi connectivity index (χ2v) is 2.86. The largest absolute Gasteiger partial charge is 0.494 e. The van der Waals surface area contributed by atoms with Gasteiger partial charge in [-0.3, -0.25) is 4.68 Å². The number of rotatable bonds is 2. The number of para-hydroxylation sites is 1. The van der Waals surface area contributed by atoms with Gasteiger partial charge in [0.1, 0.15) is 11.3 Å². The molecular weight excluding hydrogens is 164 g/mol. The molecule has 1 heterocycles. The maximum atomic E-state index is 5.27. The van der Waals surface area contributed by atoms with Crippen LogP contribution in [-0.4, -0.2) is 16.9 Å². The molecule has 0 spiro atoms. The van der Waals surface area contributed by atoms with Gasteiger partial charge >= 0.3 is 0 Å². The highest BCUT2D eigenvalue weighted by Crippen LogP contribution is 2.24. The first-order valence-corrected chi connectivity index (χ1v) is 4.35. The van der Waals surface area contributed by atoms with Gasteiger partial charge in [-0.15, -0.1) is 0 Å². The highest BCUT2D eigenvalue weighted by molar-refractivity contribution is 5.84. The summed E-state index contributed by atoms with van der Waals surface area (Å²) in [6.07, 6.45) is 1.86. The van der Waals surface area contributed by atoms with Gasteiger partial charge in [0.25, 0.3) is 0 Å². The van der Waals surface area contributed by atoms with Crippen LogP contribution in [0.15, 0.2) is 24.4 Å². The van der Waals surface area contributed by atoms with Gasteiger partial charge in [-0.2, -0.15) is 5.10 Å². The number of aromatic nitrogens is 2. The van der Waals surface area contributed by atoms with Crippen molar-refractivity contribution in [2.75, 3.05) is 7.11 Å². The molecule has 1 aromatic heterocycles. The zero-order chi connectivity index (χ0) is 9.26. The second-order valence-electron chi connectivity index (χ2n) is 2.86. The van der Waals surface area contributed by atoms with Crippen LogP contribution >= 0.6 is 0 Å². The Morgan fingerprint density at radius 1 is 1.46 bits per heavy atom. The summed E-state index contributed by atoms with van der Waals surface area (Å²) in [6, 6.07) is 5.97. The van der Waals surface area contributed by atoms with Crippen molar-refractivity contribution in [3.05, 3.63) is 24.4 Å². The predicted octanol–water partition coefficient (Wildman–Crippen LogP) is 2.06. The molecule has 0 N–H and O–H groups in total. The molecule has 0 aliphatic rings. The maximum absolute atomic E-state index is 5.27. The van der Waals surface area contributed by atoms with Crippen molar-refractivity contribution < 1.29 is 4.74 Å². The molecule has 0 radical (unpaired) electrons. The second kappa shape index (κ2) is 3.09. The molecular formula is C10H12N2O. The molecule has 0 aliphatic heterocycles. The van der Waals surface area contributed by atoms with E-state index < -0.39 is 0 Å². The van der Waals surface area contributed by atoms with E-state index >= 15 is 0 Å². The summed E-state index contributed by atoms with van der Waals surface area (Å²) in [5.41, 5.74) is 1.08. The third-order valence-electron chi connectivity index (χ3n) is 2.14. The average Bonchev–Trinajstić information content (AvgIpc) is 2.60. The quantitative estimate of drug-likeness (QED) is 0.700. The SMILES string of the molecule is CCn1ncc2cccc(OC)c21. The summed E-state index contributed by atoms with van der Waals surface area (Å²) in [4.78, 5) is 0. The van der Waals surface area contributed by atoms with Gasteiger partial charge in [-0.1, -0.05) is 12.1 Å². The molecule has 0 amide bonds. The minimum atomic E-state index is 0.865. The Morgan fingerprint density at radius 2 is 2.31 bits per heavy atom. The molecule has 1 aromatic carbocycles. The Hall–Kier alpha value is -1.51. The van der Waals surface area contributed by atoms with Gasteiger partial charge in [-0.25, -0.2) is 0 Å². The van der Waals surface area contributed by atoms with Crippen LogP contribution in [0, 0.1) is 0 Å². The van der Waals surface area contributed by atoms with E-state index in [0.717, 1.165) is 23.2 Å². The molecule has 0 saturated heterocycles. The Bertz CT molecular complexity index is 420. The number of methoxy groups -OCH3 is 1. The number of aryl methyl sites for hydroxylation is 1. The lowest BCUT2D eigenvalue weighted by molar-refractivity contribution is 0.416. The van der Waals surface area contributed by atoms with Gasteiger partial charge in [-0.05, 0) is 13.0 Å². The Labute approximate surface area is 76.9 Å². The maximum Gasteiger partial charge on any atom is 0.144 e. The fraction of sp³-hybridized carbons (Fsp3) is 0.300. The van der Waals surface area contributed by atoms with Crippen molar-refractivity contribution in [3.8, 4) is 5.75 Å². The molecule has 2 rings (SSSR count). The van der Waals surface area contributed by atoms with Crippen LogP contribution in [-0.2, 0) is 6.54 Å². The predicted molar refractivity (Wildman–Crippen MR) is 52.0 cm³/mol. The molecule has 68 valence electrons. The highest BCUT2D eigenvalue weighted by atomic mass is 16.5. The van der Waals surface area contributed by atoms with E-state index in [-0.39, 0.29) is 0 Å². The molecule has 0 aliphatic carbocycles. The van der Waals surface area contributed by atoms with E-state index in [9.17, 15) is 0 Å². The van der Waals surface area contributed by atoms with Crippen LogP contribution < -0.4 is 4.74 Å². The third-order valence-corrected chi connectivity index (χ3v) is 2.14. The first-order valence-electron chi connectivity index (χ1n) is 4.35. The van der Waals surface area contributed by atoms with Gasteiger partial charge in [0.05, 0.1) is 13.3 Å². The van der Waals surface area contributed by atoms with E-state index in [0.29, 0.717) is 0 Å². The number of benzene rings is 1. The van der Waals surface area contributed by atoms with Crippen molar-refractivity contribution in [2.45, 2.75) is 13.5 Å². The van der Waals surface area contributed by atoms with E-state index in [2.05, 4.69) is 12.0 Å². The minimum absolute atomic E-state index is 0.865. The van der Waals surface area contributed by atoms with E-state index in [1.807, 2.05) is 29.1 Å². The summed E-state index contributed by atoms with van der Waals surface area (Å²) >= 11 is 0. The molecule has 0 saturated carbocycles. The summed E-state index contributed by atoms with van der Waals surface area (Å²) in [5.74, 6) is 0.886. The smallest absolute Gasteiger partial charge is 0.144 e. The molecule has 2 aromatic rings. The van der Waals surface area contributed by atoms with Gasteiger partial charge in [0.2, 0.25) is 0 Å². The van der Waals surface area contributed by atoms with E-state index in [1.165, 1.54) is 0 Å². The lowest BCUT2D eigenvalue weighted by atomic mass is 10.2. The topological polar surface area (TPSA) is 27.1 Å². The number of hydrogen-bond donors (Lipinski definition) is 0. The zero-order valence-corrected chi connectivity index (χ0v) is 7.82. The molecule has 3 nitrogen and oxygen atoms in total. The van der Waals surface area contributed by atoms with Crippen LogP contribution in [0.1, 0.15) is 6.92 Å². The van der Waals surface area contributed by atoms with Crippen molar-refractivity contribution in [1.82, 2.24) is 9.78 Å². The molecule has 0 atom stereocenters. The van der Waals surface area contributed by atoms with Crippen molar-refractivity contribution in [1.29, 1.82) is 0 Å². The van der Waals surface area contributed by atoms with Crippen LogP contribution in [0.5, 0.6) is 5.75 Å². The van der Waals surface area contributed by atoms with Crippen molar-refractivity contribution in [2.24, 2.45) is 0 Å². The normalized spacial score (nSPS) is 10.6. The van der Waals surface area contributed by atoms with Crippen LogP contribution in [0.3, 0.4) is 0 Å². The highest BCUT2D eigenvalue weighted by Gasteiger charge is 2.05. The fourth-order valence-electron chi connectivity index (χ4n) is 1.51.